The maximum atomic E-state index is 12.4. The number of aromatic hydroxyl groups is 1. The minimum absolute atomic E-state index is 0.136. The number of phenolic OH excluding ortho intramolecular Hbond substituents is 1. The molecule has 1 aromatic carbocycles. The van der Waals surface area contributed by atoms with Gasteiger partial charge in [0.15, 0.2) is 0 Å². The minimum Gasteiger partial charge on any atom is -0.508 e. The Balaban J connectivity index is 2.35. The topological polar surface area (TPSA) is 58.4 Å². The third kappa shape index (κ3) is 2.20. The van der Waals surface area contributed by atoms with Crippen LogP contribution in [-0.4, -0.2) is 27.3 Å². The summed E-state index contributed by atoms with van der Waals surface area (Å²) < 4.78 is 1.54. The largest absolute Gasteiger partial charge is 0.508 e. The Hall–Kier alpha value is -2.30. The van der Waals surface area contributed by atoms with Crippen molar-refractivity contribution in [2.24, 2.45) is 7.05 Å². The van der Waals surface area contributed by atoms with E-state index in [2.05, 4.69) is 5.10 Å². The number of hydrogen-bond acceptors (Lipinski definition) is 3. The summed E-state index contributed by atoms with van der Waals surface area (Å²) in [5, 5.41) is 13.5. The lowest BCUT2D eigenvalue weighted by Crippen LogP contribution is -2.32. The van der Waals surface area contributed by atoms with E-state index >= 15 is 0 Å². The van der Waals surface area contributed by atoms with Gasteiger partial charge in [-0.05, 0) is 25.1 Å². The predicted molar refractivity (Wildman–Crippen MR) is 68.7 cm³/mol. The molecule has 5 heteroatoms. The highest BCUT2D eigenvalue weighted by molar-refractivity contribution is 6.04. The molecule has 0 unspecified atom stereocenters. The van der Waals surface area contributed by atoms with Crippen molar-refractivity contribution in [3.63, 3.8) is 0 Å². The number of hydrogen-bond donors (Lipinski definition) is 1. The Morgan fingerprint density at radius 2 is 2.22 bits per heavy atom. The number of benzene rings is 1. The zero-order chi connectivity index (χ0) is 13.1. The molecule has 1 N–H and O–H groups in total. The number of aromatic nitrogens is 2. The molecule has 0 saturated heterocycles. The van der Waals surface area contributed by atoms with Crippen LogP contribution in [0.2, 0.25) is 0 Å². The highest BCUT2D eigenvalue weighted by Gasteiger charge is 2.18. The quantitative estimate of drug-likeness (QED) is 0.896. The van der Waals surface area contributed by atoms with Crippen LogP contribution in [0.3, 0.4) is 0 Å². The highest BCUT2D eigenvalue weighted by Crippen LogP contribution is 2.21. The van der Waals surface area contributed by atoms with E-state index in [1.807, 2.05) is 6.92 Å². The van der Waals surface area contributed by atoms with Crippen molar-refractivity contribution < 1.29 is 9.90 Å². The van der Waals surface area contributed by atoms with E-state index in [0.717, 1.165) is 0 Å². The predicted octanol–water partition coefficient (Wildman–Crippen LogP) is 1.79. The Morgan fingerprint density at radius 3 is 2.78 bits per heavy atom. The number of phenols is 1. The van der Waals surface area contributed by atoms with Crippen LogP contribution in [0.4, 0.5) is 5.69 Å². The summed E-state index contributed by atoms with van der Waals surface area (Å²) in [6.45, 7) is 2.41. The smallest absolute Gasteiger partial charge is 0.276 e. The van der Waals surface area contributed by atoms with Crippen molar-refractivity contribution in [3.8, 4) is 5.75 Å². The summed E-state index contributed by atoms with van der Waals surface area (Å²) in [4.78, 5) is 13.9. The molecule has 1 aromatic heterocycles. The number of carbonyl (C=O) groups excluding carboxylic acids is 1. The first-order chi connectivity index (χ1) is 8.63. The maximum absolute atomic E-state index is 12.4. The van der Waals surface area contributed by atoms with E-state index in [-0.39, 0.29) is 11.7 Å². The van der Waals surface area contributed by atoms with Crippen LogP contribution >= 0.6 is 0 Å². The fourth-order valence-electron chi connectivity index (χ4n) is 1.83. The molecule has 0 aliphatic carbocycles. The monoisotopic (exact) mass is 245 g/mol. The molecule has 0 spiro atoms. The van der Waals surface area contributed by atoms with Crippen LogP contribution in [0, 0.1) is 0 Å². The van der Waals surface area contributed by atoms with E-state index in [1.165, 1.54) is 4.68 Å². The van der Waals surface area contributed by atoms with Crippen molar-refractivity contribution in [2.75, 3.05) is 11.4 Å². The van der Waals surface area contributed by atoms with Gasteiger partial charge in [0.05, 0.1) is 0 Å². The normalized spacial score (nSPS) is 10.3. The lowest BCUT2D eigenvalue weighted by molar-refractivity contribution is 0.0979. The van der Waals surface area contributed by atoms with Gasteiger partial charge >= 0.3 is 0 Å². The summed E-state index contributed by atoms with van der Waals surface area (Å²) in [5.74, 6) is 0.00635. The molecule has 94 valence electrons. The Labute approximate surface area is 105 Å². The van der Waals surface area contributed by atoms with Gasteiger partial charge in [0.1, 0.15) is 11.4 Å². The lowest BCUT2D eigenvalue weighted by atomic mass is 10.2. The van der Waals surface area contributed by atoms with Crippen LogP contribution in [0.5, 0.6) is 5.75 Å². The van der Waals surface area contributed by atoms with Gasteiger partial charge in [-0.3, -0.25) is 9.48 Å². The van der Waals surface area contributed by atoms with Gasteiger partial charge in [-0.1, -0.05) is 6.07 Å². The van der Waals surface area contributed by atoms with E-state index in [0.29, 0.717) is 17.9 Å². The van der Waals surface area contributed by atoms with Gasteiger partial charge in [0.25, 0.3) is 5.91 Å². The zero-order valence-electron chi connectivity index (χ0n) is 10.4. The van der Waals surface area contributed by atoms with Crippen molar-refractivity contribution in [1.82, 2.24) is 9.78 Å². The van der Waals surface area contributed by atoms with E-state index in [1.54, 1.807) is 48.5 Å². The summed E-state index contributed by atoms with van der Waals surface area (Å²) >= 11 is 0. The van der Waals surface area contributed by atoms with Crippen molar-refractivity contribution in [2.45, 2.75) is 6.92 Å². The molecule has 0 fully saturated rings. The van der Waals surface area contributed by atoms with Gasteiger partial charge < -0.3 is 10.0 Å². The molecule has 2 aromatic rings. The molecule has 0 bridgehead atoms. The fraction of sp³-hybridized carbons (Fsp3) is 0.231. The van der Waals surface area contributed by atoms with Crippen molar-refractivity contribution >= 4 is 11.6 Å². The molecule has 0 aliphatic heterocycles. The second kappa shape index (κ2) is 4.91. The molecular formula is C13H15N3O2. The summed E-state index contributed by atoms with van der Waals surface area (Å²) in [7, 11) is 1.73. The number of carbonyl (C=O) groups is 1. The number of nitrogens with zero attached hydrogens (tertiary/aromatic N) is 3. The molecule has 2 rings (SSSR count). The Morgan fingerprint density at radius 1 is 1.44 bits per heavy atom. The van der Waals surface area contributed by atoms with Crippen LogP contribution in [0.25, 0.3) is 0 Å². The molecule has 0 saturated carbocycles. The van der Waals surface area contributed by atoms with E-state index in [9.17, 15) is 9.90 Å². The lowest BCUT2D eigenvalue weighted by Gasteiger charge is -2.21. The molecule has 0 radical (unpaired) electrons. The van der Waals surface area contributed by atoms with E-state index < -0.39 is 0 Å². The molecule has 1 heterocycles. The SMILES string of the molecule is CCN(C(=O)c1ccnn1C)c1cccc(O)c1. The van der Waals surface area contributed by atoms with Crippen molar-refractivity contribution in [1.29, 1.82) is 0 Å². The van der Waals surface area contributed by atoms with Crippen molar-refractivity contribution in [3.05, 3.63) is 42.2 Å². The third-order valence-corrected chi connectivity index (χ3v) is 2.74. The number of aryl methyl sites for hydroxylation is 1. The average Bonchev–Trinajstić information content (AvgIpc) is 2.76. The van der Waals surface area contributed by atoms with Crippen LogP contribution < -0.4 is 4.90 Å². The molecule has 0 aliphatic rings. The van der Waals surface area contributed by atoms with Gasteiger partial charge in [-0.15, -0.1) is 0 Å². The third-order valence-electron chi connectivity index (χ3n) is 2.74. The minimum atomic E-state index is -0.136. The highest BCUT2D eigenvalue weighted by atomic mass is 16.3. The summed E-state index contributed by atoms with van der Waals surface area (Å²) in [5.41, 5.74) is 1.18. The summed E-state index contributed by atoms with van der Waals surface area (Å²) in [6.07, 6.45) is 1.59. The molecule has 5 nitrogen and oxygen atoms in total. The number of anilines is 1. The average molecular weight is 245 g/mol. The van der Waals surface area contributed by atoms with Gasteiger partial charge in [0, 0.05) is 31.5 Å². The standard InChI is InChI=1S/C13H15N3O2/c1-3-16(10-5-4-6-11(17)9-10)13(18)12-7-8-14-15(12)2/h4-9,17H,3H2,1-2H3. The van der Waals surface area contributed by atoms with Crippen LogP contribution in [0.15, 0.2) is 36.5 Å². The first-order valence-corrected chi connectivity index (χ1v) is 5.72. The van der Waals surface area contributed by atoms with Gasteiger partial charge in [0.2, 0.25) is 0 Å². The van der Waals surface area contributed by atoms with E-state index in [4.69, 9.17) is 0 Å². The Kier molecular flexibility index (Phi) is 3.32. The molecule has 18 heavy (non-hydrogen) atoms. The van der Waals surface area contributed by atoms with Gasteiger partial charge in [-0.25, -0.2) is 0 Å². The molecule has 1 amide bonds. The molecule has 0 atom stereocenters. The first-order valence-electron chi connectivity index (χ1n) is 5.72. The second-order valence-corrected chi connectivity index (χ2v) is 3.91. The Bertz CT molecular complexity index is 563. The number of amides is 1. The summed E-state index contributed by atoms with van der Waals surface area (Å²) in [6, 6.07) is 8.32. The molecular weight excluding hydrogens is 230 g/mol. The zero-order valence-corrected chi connectivity index (χ0v) is 10.4. The first kappa shape index (κ1) is 12.2. The second-order valence-electron chi connectivity index (χ2n) is 3.91. The van der Waals surface area contributed by atoms with Gasteiger partial charge in [-0.2, -0.15) is 5.10 Å². The fourth-order valence-corrected chi connectivity index (χ4v) is 1.83. The number of rotatable bonds is 3. The maximum Gasteiger partial charge on any atom is 0.276 e. The van der Waals surface area contributed by atoms with Crippen LogP contribution in [0.1, 0.15) is 17.4 Å². The van der Waals surface area contributed by atoms with Crippen LogP contribution in [-0.2, 0) is 7.05 Å².